The monoisotopic (exact) mass is 406 g/mol. The number of hydrogen-bond donors (Lipinski definition) is 1. The van der Waals surface area contributed by atoms with Crippen LogP contribution in [-0.4, -0.2) is 29.5 Å². The molecule has 1 N–H and O–H groups in total. The molecule has 0 bridgehead atoms. The number of rotatable bonds is 7. The minimum absolute atomic E-state index is 0.0771. The van der Waals surface area contributed by atoms with E-state index in [9.17, 15) is 4.79 Å². The zero-order valence-corrected chi connectivity index (χ0v) is 18.1. The van der Waals surface area contributed by atoms with Gasteiger partial charge in [0.25, 0.3) is 0 Å². The first-order valence-electron chi connectivity index (χ1n) is 9.50. The van der Waals surface area contributed by atoms with Gasteiger partial charge in [-0.15, -0.1) is 11.8 Å². The second-order valence-corrected chi connectivity index (χ2v) is 8.16. The summed E-state index contributed by atoms with van der Waals surface area (Å²) in [6.45, 7) is 6.28. The Morgan fingerprint density at radius 2 is 1.76 bits per heavy atom. The second-order valence-electron chi connectivity index (χ2n) is 7.17. The third-order valence-electron chi connectivity index (χ3n) is 4.54. The SMILES string of the molecule is Cc1cc(C)c(NC(=O)CN(C)c2cncc(SCc3ccccc3)n2)c(C)c1. The summed E-state index contributed by atoms with van der Waals surface area (Å²) in [4.78, 5) is 23.3. The van der Waals surface area contributed by atoms with Gasteiger partial charge in [0.2, 0.25) is 5.91 Å². The van der Waals surface area contributed by atoms with Gasteiger partial charge in [-0.05, 0) is 37.5 Å². The molecule has 0 spiro atoms. The number of anilines is 2. The zero-order chi connectivity index (χ0) is 20.8. The molecular weight excluding hydrogens is 380 g/mol. The molecule has 0 aliphatic rings. The van der Waals surface area contributed by atoms with E-state index in [4.69, 9.17) is 0 Å². The fraction of sp³-hybridized carbons (Fsp3) is 0.261. The topological polar surface area (TPSA) is 58.1 Å². The molecule has 0 saturated heterocycles. The molecule has 0 atom stereocenters. The largest absolute Gasteiger partial charge is 0.349 e. The summed E-state index contributed by atoms with van der Waals surface area (Å²) in [6.07, 6.45) is 3.44. The lowest BCUT2D eigenvalue weighted by Crippen LogP contribution is -2.31. The Morgan fingerprint density at radius 1 is 1.07 bits per heavy atom. The van der Waals surface area contributed by atoms with Crippen molar-refractivity contribution in [3.63, 3.8) is 0 Å². The fourth-order valence-electron chi connectivity index (χ4n) is 3.18. The fourth-order valence-corrected chi connectivity index (χ4v) is 3.98. The number of hydrogen-bond acceptors (Lipinski definition) is 5. The first-order valence-corrected chi connectivity index (χ1v) is 10.5. The Morgan fingerprint density at radius 3 is 2.45 bits per heavy atom. The van der Waals surface area contributed by atoms with Gasteiger partial charge in [-0.2, -0.15) is 0 Å². The lowest BCUT2D eigenvalue weighted by Gasteiger charge is -2.19. The Labute approximate surface area is 176 Å². The standard InChI is InChI=1S/C23H26N4OS/c1-16-10-17(2)23(18(3)11-16)26-21(28)14-27(4)20-12-24-13-22(25-20)29-15-19-8-6-5-7-9-19/h5-13H,14-15H2,1-4H3,(H,26,28). The van der Waals surface area contributed by atoms with Crippen LogP contribution in [0.25, 0.3) is 0 Å². The lowest BCUT2D eigenvalue weighted by atomic mass is 10.1. The number of nitrogens with one attached hydrogen (secondary N) is 1. The van der Waals surface area contributed by atoms with Gasteiger partial charge < -0.3 is 10.2 Å². The zero-order valence-electron chi connectivity index (χ0n) is 17.3. The highest BCUT2D eigenvalue weighted by atomic mass is 32.2. The molecule has 150 valence electrons. The van der Waals surface area contributed by atoms with Gasteiger partial charge in [0.15, 0.2) is 0 Å². The Bertz CT molecular complexity index is 968. The average Bonchev–Trinajstić information content (AvgIpc) is 2.70. The molecule has 1 aromatic heterocycles. The summed E-state index contributed by atoms with van der Waals surface area (Å²) in [5.41, 5.74) is 5.44. The van der Waals surface area contributed by atoms with Crippen LogP contribution in [-0.2, 0) is 10.5 Å². The number of aromatic nitrogens is 2. The van der Waals surface area contributed by atoms with E-state index in [-0.39, 0.29) is 12.5 Å². The summed E-state index contributed by atoms with van der Waals surface area (Å²) in [5, 5.41) is 3.87. The van der Waals surface area contributed by atoms with E-state index >= 15 is 0 Å². The minimum Gasteiger partial charge on any atom is -0.349 e. The van der Waals surface area contributed by atoms with Crippen LogP contribution >= 0.6 is 11.8 Å². The van der Waals surface area contributed by atoms with E-state index in [0.29, 0.717) is 5.82 Å². The summed E-state index contributed by atoms with van der Waals surface area (Å²) in [7, 11) is 1.85. The molecule has 5 nitrogen and oxygen atoms in total. The first-order chi connectivity index (χ1) is 13.9. The minimum atomic E-state index is -0.0771. The van der Waals surface area contributed by atoms with E-state index in [1.54, 1.807) is 24.2 Å². The summed E-state index contributed by atoms with van der Waals surface area (Å²) < 4.78 is 0. The quantitative estimate of drug-likeness (QED) is 0.573. The molecule has 1 heterocycles. The van der Waals surface area contributed by atoms with Crippen LogP contribution in [0.5, 0.6) is 0 Å². The molecular formula is C23H26N4OS. The highest BCUT2D eigenvalue weighted by molar-refractivity contribution is 7.98. The third kappa shape index (κ3) is 5.81. The maximum Gasteiger partial charge on any atom is 0.243 e. The van der Waals surface area contributed by atoms with E-state index < -0.39 is 0 Å². The van der Waals surface area contributed by atoms with Crippen molar-refractivity contribution in [1.29, 1.82) is 0 Å². The van der Waals surface area contributed by atoms with Gasteiger partial charge in [0.1, 0.15) is 10.8 Å². The normalized spacial score (nSPS) is 10.6. The molecule has 0 aliphatic carbocycles. The molecule has 2 aromatic carbocycles. The van der Waals surface area contributed by atoms with Crippen molar-refractivity contribution >= 4 is 29.2 Å². The van der Waals surface area contributed by atoms with Crippen LogP contribution in [0.3, 0.4) is 0 Å². The Balaban J connectivity index is 1.61. The van der Waals surface area contributed by atoms with E-state index in [0.717, 1.165) is 27.6 Å². The highest BCUT2D eigenvalue weighted by Crippen LogP contribution is 2.23. The highest BCUT2D eigenvalue weighted by Gasteiger charge is 2.13. The molecule has 1 amide bonds. The third-order valence-corrected chi connectivity index (χ3v) is 5.51. The number of amides is 1. The van der Waals surface area contributed by atoms with Gasteiger partial charge in [0, 0.05) is 18.5 Å². The first kappa shape index (κ1) is 20.9. The van der Waals surface area contributed by atoms with Crippen molar-refractivity contribution in [3.05, 3.63) is 77.1 Å². The van der Waals surface area contributed by atoms with Gasteiger partial charge >= 0.3 is 0 Å². The van der Waals surface area contributed by atoms with Crippen LogP contribution in [0.1, 0.15) is 22.3 Å². The molecule has 3 rings (SSSR count). The summed E-state index contributed by atoms with van der Waals surface area (Å²) in [5.74, 6) is 1.43. The van der Waals surface area contributed by atoms with Gasteiger partial charge in [-0.1, -0.05) is 48.0 Å². The van der Waals surface area contributed by atoms with Gasteiger partial charge in [0.05, 0.1) is 18.9 Å². The van der Waals surface area contributed by atoms with Crippen LogP contribution in [0.4, 0.5) is 11.5 Å². The molecule has 0 aliphatic heterocycles. The number of likely N-dealkylation sites (N-methyl/N-ethyl adjacent to an activating group) is 1. The second kappa shape index (κ2) is 9.56. The van der Waals surface area contributed by atoms with Crippen LogP contribution in [0.15, 0.2) is 59.9 Å². The molecule has 29 heavy (non-hydrogen) atoms. The summed E-state index contributed by atoms with van der Waals surface area (Å²) >= 11 is 1.63. The molecule has 0 saturated carbocycles. The molecule has 0 radical (unpaired) electrons. The molecule has 3 aromatic rings. The lowest BCUT2D eigenvalue weighted by molar-refractivity contribution is -0.114. The molecule has 0 unspecified atom stereocenters. The van der Waals surface area contributed by atoms with Gasteiger partial charge in [-0.25, -0.2) is 4.98 Å². The van der Waals surface area contributed by atoms with E-state index in [1.165, 1.54) is 11.1 Å². The summed E-state index contributed by atoms with van der Waals surface area (Å²) in [6, 6.07) is 14.4. The predicted molar refractivity (Wildman–Crippen MR) is 121 cm³/mol. The maximum atomic E-state index is 12.6. The number of thioether (sulfide) groups is 1. The molecule has 6 heteroatoms. The number of carbonyl (C=O) groups is 1. The van der Waals surface area contributed by atoms with Crippen molar-refractivity contribution in [1.82, 2.24) is 9.97 Å². The maximum absolute atomic E-state index is 12.6. The smallest absolute Gasteiger partial charge is 0.243 e. The predicted octanol–water partition coefficient (Wildman–Crippen LogP) is 4.77. The van der Waals surface area contributed by atoms with Crippen LogP contribution < -0.4 is 10.2 Å². The Hall–Kier alpha value is -2.86. The average molecular weight is 407 g/mol. The van der Waals surface area contributed by atoms with Crippen LogP contribution in [0.2, 0.25) is 0 Å². The number of nitrogens with zero attached hydrogens (tertiary/aromatic N) is 3. The van der Waals surface area contributed by atoms with Crippen molar-refractivity contribution in [2.45, 2.75) is 31.6 Å². The van der Waals surface area contributed by atoms with Crippen molar-refractivity contribution in [2.24, 2.45) is 0 Å². The van der Waals surface area contributed by atoms with Crippen molar-refractivity contribution in [3.8, 4) is 0 Å². The number of aryl methyl sites for hydroxylation is 3. The van der Waals surface area contributed by atoms with E-state index in [2.05, 4.69) is 46.5 Å². The van der Waals surface area contributed by atoms with E-state index in [1.807, 2.05) is 44.0 Å². The van der Waals surface area contributed by atoms with Gasteiger partial charge in [-0.3, -0.25) is 9.78 Å². The van der Waals surface area contributed by atoms with Crippen molar-refractivity contribution < 1.29 is 4.79 Å². The molecule has 0 fully saturated rings. The number of carbonyl (C=O) groups excluding carboxylic acids is 1. The number of benzene rings is 2. The Kier molecular flexibility index (Phi) is 6.88. The van der Waals surface area contributed by atoms with Crippen molar-refractivity contribution in [2.75, 3.05) is 23.8 Å². The van der Waals surface area contributed by atoms with Crippen LogP contribution in [0, 0.1) is 20.8 Å².